The molecule has 0 fully saturated rings. The van der Waals surface area contributed by atoms with Crippen LogP contribution >= 0.6 is 0 Å². The maximum atomic E-state index is 14.0. The number of nitrogen functional groups attached to an aromatic ring is 1. The van der Waals surface area contributed by atoms with Crippen LogP contribution in [0.1, 0.15) is 39.6 Å². The summed E-state index contributed by atoms with van der Waals surface area (Å²) in [5.74, 6) is -1.67. The van der Waals surface area contributed by atoms with Gasteiger partial charge in [0.05, 0.1) is 30.3 Å². The zero-order valence-electron chi connectivity index (χ0n) is 15.7. The van der Waals surface area contributed by atoms with E-state index in [4.69, 9.17) is 10.5 Å². The van der Waals surface area contributed by atoms with Gasteiger partial charge in [0, 0.05) is 12.0 Å². The van der Waals surface area contributed by atoms with Crippen LogP contribution in [-0.2, 0) is 6.42 Å². The molecule has 29 heavy (non-hydrogen) atoms. The molecule has 1 aliphatic carbocycles. The van der Waals surface area contributed by atoms with E-state index in [0.717, 1.165) is 6.20 Å². The van der Waals surface area contributed by atoms with Gasteiger partial charge in [-0.1, -0.05) is 6.07 Å². The van der Waals surface area contributed by atoms with Gasteiger partial charge in [-0.25, -0.2) is 19.3 Å². The first-order valence-corrected chi connectivity index (χ1v) is 8.90. The fraction of sp³-hybridized carbons (Fsp3) is 0.250. The fourth-order valence-corrected chi connectivity index (χ4v) is 3.72. The van der Waals surface area contributed by atoms with E-state index in [1.54, 1.807) is 13.0 Å². The highest BCUT2D eigenvalue weighted by molar-refractivity contribution is 6.00. The van der Waals surface area contributed by atoms with Gasteiger partial charge < -0.3 is 10.5 Å². The Morgan fingerprint density at radius 3 is 2.72 bits per heavy atom. The highest BCUT2D eigenvalue weighted by Gasteiger charge is 2.31. The number of halogens is 2. The molecule has 2 N–H and O–H groups in total. The van der Waals surface area contributed by atoms with E-state index in [1.165, 1.54) is 19.2 Å². The van der Waals surface area contributed by atoms with Crippen molar-refractivity contribution in [1.82, 2.24) is 19.9 Å². The quantitative estimate of drug-likeness (QED) is 0.724. The summed E-state index contributed by atoms with van der Waals surface area (Å²) in [4.78, 5) is 29.1. The summed E-state index contributed by atoms with van der Waals surface area (Å²) >= 11 is 0. The number of Topliss-reactive ketones (excluding diaryl/α,β-unsaturated/α-hetero) is 1. The van der Waals surface area contributed by atoms with Gasteiger partial charge in [0.1, 0.15) is 5.82 Å². The van der Waals surface area contributed by atoms with Crippen molar-refractivity contribution >= 4 is 11.7 Å². The summed E-state index contributed by atoms with van der Waals surface area (Å²) in [6.07, 6.45) is 1.58. The summed E-state index contributed by atoms with van der Waals surface area (Å²) in [6, 6.07) is 4.16. The third-order valence-electron chi connectivity index (χ3n) is 4.93. The molecule has 3 aromatic rings. The zero-order valence-corrected chi connectivity index (χ0v) is 15.7. The molecule has 0 saturated heterocycles. The Morgan fingerprint density at radius 2 is 1.97 bits per heavy atom. The van der Waals surface area contributed by atoms with Crippen molar-refractivity contribution in [3.05, 3.63) is 58.5 Å². The molecule has 0 radical (unpaired) electrons. The number of ether oxygens (including phenoxy) is 1. The van der Waals surface area contributed by atoms with Crippen LogP contribution in [0.25, 0.3) is 11.4 Å². The Balaban J connectivity index is 1.82. The smallest absolute Gasteiger partial charge is 0.253 e. The molecule has 7 nitrogen and oxygen atoms in total. The maximum absolute atomic E-state index is 14.0. The van der Waals surface area contributed by atoms with Crippen LogP contribution < -0.4 is 10.5 Å². The van der Waals surface area contributed by atoms with Gasteiger partial charge in [0.2, 0.25) is 11.8 Å². The SMILES string of the molecule is COc1nc(-c2cc(F)ccc2[C@H]2CC(=O)c3c(C)nc(N)nc3C2)ncc1F. The van der Waals surface area contributed by atoms with E-state index in [0.29, 0.717) is 34.5 Å². The number of methoxy groups -OCH3 is 1. The van der Waals surface area contributed by atoms with E-state index in [2.05, 4.69) is 19.9 Å². The van der Waals surface area contributed by atoms with Crippen molar-refractivity contribution in [1.29, 1.82) is 0 Å². The molecule has 2 aromatic heterocycles. The van der Waals surface area contributed by atoms with E-state index in [1.807, 2.05) is 0 Å². The van der Waals surface area contributed by atoms with Gasteiger partial charge in [-0.15, -0.1) is 0 Å². The molecular formula is C20H17F2N5O2. The average Bonchev–Trinajstić information content (AvgIpc) is 2.67. The maximum Gasteiger partial charge on any atom is 0.253 e. The van der Waals surface area contributed by atoms with Crippen LogP contribution in [-0.4, -0.2) is 32.8 Å². The molecule has 4 rings (SSSR count). The predicted molar refractivity (Wildman–Crippen MR) is 101 cm³/mol. The average molecular weight is 397 g/mol. The lowest BCUT2D eigenvalue weighted by Crippen LogP contribution is -2.23. The number of carbonyl (C=O) groups is 1. The molecule has 0 amide bonds. The minimum atomic E-state index is -0.723. The number of aryl methyl sites for hydroxylation is 1. The molecule has 1 aromatic carbocycles. The number of carbonyl (C=O) groups excluding carboxylic acids is 1. The summed E-state index contributed by atoms with van der Waals surface area (Å²) in [7, 11) is 1.28. The first kappa shape index (κ1) is 18.9. The van der Waals surface area contributed by atoms with Crippen LogP contribution in [0.15, 0.2) is 24.4 Å². The van der Waals surface area contributed by atoms with Crippen molar-refractivity contribution < 1.29 is 18.3 Å². The van der Waals surface area contributed by atoms with Crippen LogP contribution in [0, 0.1) is 18.6 Å². The lowest BCUT2D eigenvalue weighted by atomic mass is 9.79. The Kier molecular flexibility index (Phi) is 4.65. The van der Waals surface area contributed by atoms with E-state index in [9.17, 15) is 13.6 Å². The number of hydrogen-bond donors (Lipinski definition) is 1. The first-order chi connectivity index (χ1) is 13.9. The predicted octanol–water partition coefficient (Wildman–Crippen LogP) is 3.02. The zero-order chi connectivity index (χ0) is 20.7. The van der Waals surface area contributed by atoms with Crippen LogP contribution in [0.2, 0.25) is 0 Å². The third-order valence-corrected chi connectivity index (χ3v) is 4.93. The van der Waals surface area contributed by atoms with Crippen LogP contribution in [0.3, 0.4) is 0 Å². The number of rotatable bonds is 3. The summed E-state index contributed by atoms with van der Waals surface area (Å²) in [5.41, 5.74) is 8.36. The molecule has 148 valence electrons. The minimum Gasteiger partial charge on any atom is -0.479 e. The number of nitrogens with zero attached hydrogens (tertiary/aromatic N) is 4. The standard InChI is InChI=1S/C20H17F2N5O2/c1-9-17-15(26-20(23)25-9)5-10(6-16(17)28)12-4-3-11(21)7-13(12)18-24-8-14(22)19(27-18)29-2/h3-4,7-8,10H,5-6H2,1-2H3,(H2,23,25,26)/t10-/m1/s1. The lowest BCUT2D eigenvalue weighted by molar-refractivity contribution is 0.0962. The molecule has 2 heterocycles. The molecule has 1 aliphatic rings. The molecule has 0 spiro atoms. The van der Waals surface area contributed by atoms with Crippen molar-refractivity contribution in [2.75, 3.05) is 12.8 Å². The van der Waals surface area contributed by atoms with Gasteiger partial charge in [-0.05, 0) is 37.0 Å². The second kappa shape index (κ2) is 7.16. The number of benzene rings is 1. The van der Waals surface area contributed by atoms with Gasteiger partial charge in [-0.2, -0.15) is 9.37 Å². The Bertz CT molecular complexity index is 1140. The van der Waals surface area contributed by atoms with Crippen LogP contribution in [0.4, 0.5) is 14.7 Å². The number of aromatic nitrogens is 4. The number of fused-ring (bicyclic) bond motifs is 1. The normalized spacial score (nSPS) is 15.9. The van der Waals surface area contributed by atoms with Crippen LogP contribution in [0.5, 0.6) is 5.88 Å². The second-order valence-corrected chi connectivity index (χ2v) is 6.80. The fourth-order valence-electron chi connectivity index (χ4n) is 3.72. The van der Waals surface area contributed by atoms with Crippen molar-refractivity contribution in [3.63, 3.8) is 0 Å². The Hall–Kier alpha value is -3.49. The van der Waals surface area contributed by atoms with E-state index in [-0.39, 0.29) is 35.8 Å². The molecule has 0 saturated carbocycles. The van der Waals surface area contributed by atoms with Crippen molar-refractivity contribution in [2.24, 2.45) is 0 Å². The molecule has 0 aliphatic heterocycles. The second-order valence-electron chi connectivity index (χ2n) is 6.80. The number of nitrogens with two attached hydrogens (primary N) is 1. The largest absolute Gasteiger partial charge is 0.479 e. The van der Waals surface area contributed by atoms with Crippen molar-refractivity contribution in [2.45, 2.75) is 25.7 Å². The molecule has 1 atom stereocenters. The minimum absolute atomic E-state index is 0.0978. The summed E-state index contributed by atoms with van der Waals surface area (Å²) in [6.45, 7) is 1.72. The van der Waals surface area contributed by atoms with Gasteiger partial charge in [-0.3, -0.25) is 4.79 Å². The number of anilines is 1. The molecular weight excluding hydrogens is 380 g/mol. The Labute approximate surface area is 165 Å². The van der Waals surface area contributed by atoms with E-state index >= 15 is 0 Å². The molecule has 0 unspecified atom stereocenters. The first-order valence-electron chi connectivity index (χ1n) is 8.90. The van der Waals surface area contributed by atoms with Crippen molar-refractivity contribution in [3.8, 4) is 17.3 Å². The summed E-state index contributed by atoms with van der Waals surface area (Å²) in [5, 5.41) is 0. The monoisotopic (exact) mass is 397 g/mol. The van der Waals surface area contributed by atoms with Gasteiger partial charge in [0.25, 0.3) is 5.88 Å². The summed E-state index contributed by atoms with van der Waals surface area (Å²) < 4.78 is 32.6. The molecule has 0 bridgehead atoms. The Morgan fingerprint density at radius 1 is 1.17 bits per heavy atom. The number of ketones is 1. The lowest BCUT2D eigenvalue weighted by Gasteiger charge is -2.25. The highest BCUT2D eigenvalue weighted by atomic mass is 19.1. The highest BCUT2D eigenvalue weighted by Crippen LogP contribution is 2.37. The number of hydrogen-bond acceptors (Lipinski definition) is 7. The van der Waals surface area contributed by atoms with Gasteiger partial charge in [0.15, 0.2) is 11.6 Å². The van der Waals surface area contributed by atoms with E-state index < -0.39 is 11.6 Å². The van der Waals surface area contributed by atoms with Gasteiger partial charge >= 0.3 is 0 Å². The molecule has 9 heteroatoms. The third kappa shape index (κ3) is 3.39. The topological polar surface area (TPSA) is 104 Å².